The average Bonchev–Trinajstić information content (AvgIpc) is 2.83. The Balaban J connectivity index is 1.97. The Morgan fingerprint density at radius 1 is 1.53 bits per heavy atom. The third-order valence-corrected chi connectivity index (χ3v) is 3.62. The van der Waals surface area contributed by atoms with Gasteiger partial charge in [-0.05, 0) is 35.6 Å². The van der Waals surface area contributed by atoms with Crippen molar-refractivity contribution in [1.82, 2.24) is 0 Å². The quantitative estimate of drug-likeness (QED) is 0.797. The van der Waals surface area contributed by atoms with Crippen molar-refractivity contribution in [3.63, 3.8) is 0 Å². The molecule has 78 valence electrons. The lowest BCUT2D eigenvalue weighted by Gasteiger charge is -2.07. The maximum absolute atomic E-state index is 10.9. The van der Waals surface area contributed by atoms with Gasteiger partial charge in [0.15, 0.2) is 0 Å². The first-order valence-corrected chi connectivity index (χ1v) is 5.12. The molecule has 3 nitrogen and oxygen atoms in total. The first kappa shape index (κ1) is 8.77. The van der Waals surface area contributed by atoms with Gasteiger partial charge in [0.1, 0.15) is 5.75 Å². The first-order chi connectivity index (χ1) is 7.22. The van der Waals surface area contributed by atoms with E-state index in [2.05, 4.69) is 6.07 Å². The topological polar surface area (TPSA) is 46.5 Å². The predicted octanol–water partition coefficient (Wildman–Crippen LogP) is 1.67. The summed E-state index contributed by atoms with van der Waals surface area (Å²) in [6, 6.07) is 5.99. The van der Waals surface area contributed by atoms with Crippen molar-refractivity contribution in [2.24, 2.45) is 11.8 Å². The fourth-order valence-corrected chi connectivity index (χ4v) is 2.84. The van der Waals surface area contributed by atoms with Crippen molar-refractivity contribution in [2.45, 2.75) is 12.3 Å². The van der Waals surface area contributed by atoms with Crippen molar-refractivity contribution < 1.29 is 14.6 Å². The molecule has 1 aromatic rings. The van der Waals surface area contributed by atoms with Gasteiger partial charge in [-0.3, -0.25) is 4.79 Å². The van der Waals surface area contributed by atoms with Gasteiger partial charge in [0.05, 0.1) is 13.0 Å². The Bertz CT molecular complexity index is 438. The van der Waals surface area contributed by atoms with E-state index in [1.165, 1.54) is 11.1 Å². The molecule has 0 bridgehead atoms. The molecular formula is C12H12O3. The highest BCUT2D eigenvalue weighted by molar-refractivity contribution is 5.78. The standard InChI is InChI=1S/C12H12O3/c1-15-7-3-2-6-4-9-10(8(6)5-7)11(9)12(13)14/h2-3,5,9-11H,4H2,1H3,(H,13,14)/t9-,10+,11-/m0/s1. The van der Waals surface area contributed by atoms with Crippen LogP contribution in [0.3, 0.4) is 0 Å². The molecule has 3 atom stereocenters. The summed E-state index contributed by atoms with van der Waals surface area (Å²) in [5.41, 5.74) is 2.48. The normalized spacial score (nSPS) is 30.6. The maximum atomic E-state index is 10.9. The van der Waals surface area contributed by atoms with Crippen LogP contribution in [0.4, 0.5) is 0 Å². The van der Waals surface area contributed by atoms with Crippen LogP contribution in [0.15, 0.2) is 18.2 Å². The zero-order chi connectivity index (χ0) is 10.6. The molecule has 15 heavy (non-hydrogen) atoms. The van der Waals surface area contributed by atoms with E-state index in [4.69, 9.17) is 9.84 Å². The molecule has 0 aromatic heterocycles. The Kier molecular flexibility index (Phi) is 1.61. The molecule has 0 unspecified atom stereocenters. The molecule has 1 fully saturated rings. The molecule has 1 aromatic carbocycles. The molecule has 0 saturated heterocycles. The number of hydrogen-bond acceptors (Lipinski definition) is 2. The van der Waals surface area contributed by atoms with Crippen LogP contribution in [0.1, 0.15) is 17.0 Å². The molecule has 2 aliphatic rings. The van der Waals surface area contributed by atoms with Crippen LogP contribution < -0.4 is 4.74 Å². The van der Waals surface area contributed by atoms with E-state index in [-0.39, 0.29) is 11.8 Å². The maximum Gasteiger partial charge on any atom is 0.307 e. The second-order valence-electron chi connectivity index (χ2n) is 4.32. The minimum Gasteiger partial charge on any atom is -0.497 e. The molecule has 0 heterocycles. The Morgan fingerprint density at radius 2 is 2.33 bits per heavy atom. The van der Waals surface area contributed by atoms with E-state index in [1.807, 2.05) is 12.1 Å². The highest BCUT2D eigenvalue weighted by atomic mass is 16.5. The second-order valence-corrected chi connectivity index (χ2v) is 4.32. The number of fused-ring (bicyclic) bond motifs is 3. The monoisotopic (exact) mass is 204 g/mol. The third-order valence-electron chi connectivity index (χ3n) is 3.62. The van der Waals surface area contributed by atoms with Gasteiger partial charge in [-0.1, -0.05) is 6.07 Å². The first-order valence-electron chi connectivity index (χ1n) is 5.12. The molecule has 0 radical (unpaired) electrons. The van der Waals surface area contributed by atoms with E-state index in [0.29, 0.717) is 5.92 Å². The molecule has 0 amide bonds. The number of ether oxygens (including phenoxy) is 1. The highest BCUT2D eigenvalue weighted by Crippen LogP contribution is 2.61. The summed E-state index contributed by atoms with van der Waals surface area (Å²) in [5, 5.41) is 8.98. The average molecular weight is 204 g/mol. The van der Waals surface area contributed by atoms with Gasteiger partial charge in [0, 0.05) is 5.92 Å². The molecule has 2 aliphatic carbocycles. The van der Waals surface area contributed by atoms with E-state index in [9.17, 15) is 4.79 Å². The lowest BCUT2D eigenvalue weighted by atomic mass is 10.0. The minimum atomic E-state index is -0.654. The zero-order valence-corrected chi connectivity index (χ0v) is 8.43. The van der Waals surface area contributed by atoms with Crippen molar-refractivity contribution in [3.05, 3.63) is 29.3 Å². The summed E-state index contributed by atoms with van der Waals surface area (Å²) in [6.45, 7) is 0. The van der Waals surface area contributed by atoms with E-state index in [0.717, 1.165) is 12.2 Å². The number of methoxy groups -OCH3 is 1. The summed E-state index contributed by atoms with van der Waals surface area (Å²) in [6.07, 6.45) is 0.918. The third kappa shape index (κ3) is 1.09. The van der Waals surface area contributed by atoms with Gasteiger partial charge < -0.3 is 9.84 Å². The second kappa shape index (κ2) is 2.75. The number of aliphatic carboxylic acids is 1. The van der Waals surface area contributed by atoms with Gasteiger partial charge in [0.2, 0.25) is 0 Å². The Labute approximate surface area is 87.7 Å². The SMILES string of the molecule is COc1ccc2c(c1)[C@@H]1[C@H](C2)[C@@H]1C(=O)O. The van der Waals surface area contributed by atoms with Gasteiger partial charge in [-0.2, -0.15) is 0 Å². The molecule has 1 N–H and O–H groups in total. The number of rotatable bonds is 2. The summed E-state index contributed by atoms with van der Waals surface area (Å²) in [5.74, 6) is 0.603. The predicted molar refractivity (Wildman–Crippen MR) is 54.1 cm³/mol. The van der Waals surface area contributed by atoms with Gasteiger partial charge in [-0.25, -0.2) is 0 Å². The van der Waals surface area contributed by atoms with Crippen LogP contribution in [0.2, 0.25) is 0 Å². The molecule has 0 aliphatic heterocycles. The summed E-state index contributed by atoms with van der Waals surface area (Å²) >= 11 is 0. The molecule has 3 heteroatoms. The van der Waals surface area contributed by atoms with Gasteiger partial charge in [-0.15, -0.1) is 0 Å². The van der Waals surface area contributed by atoms with Crippen molar-refractivity contribution in [1.29, 1.82) is 0 Å². The molecule has 3 rings (SSSR count). The van der Waals surface area contributed by atoms with Crippen molar-refractivity contribution in [3.8, 4) is 5.75 Å². The van der Waals surface area contributed by atoms with Crippen LogP contribution in [-0.2, 0) is 11.2 Å². The fourth-order valence-electron chi connectivity index (χ4n) is 2.84. The van der Waals surface area contributed by atoms with Crippen LogP contribution in [0, 0.1) is 11.8 Å². The number of benzene rings is 1. The Hall–Kier alpha value is -1.51. The van der Waals surface area contributed by atoms with Crippen molar-refractivity contribution in [2.75, 3.05) is 7.11 Å². The van der Waals surface area contributed by atoms with Crippen LogP contribution in [0.5, 0.6) is 5.75 Å². The summed E-state index contributed by atoms with van der Waals surface area (Å²) < 4.78 is 5.15. The highest BCUT2D eigenvalue weighted by Gasteiger charge is 2.59. The number of carbonyl (C=O) groups is 1. The van der Waals surface area contributed by atoms with E-state index >= 15 is 0 Å². The van der Waals surface area contributed by atoms with Crippen LogP contribution in [0.25, 0.3) is 0 Å². The van der Waals surface area contributed by atoms with Gasteiger partial charge in [0.25, 0.3) is 0 Å². The number of carboxylic acids is 1. The summed E-state index contributed by atoms with van der Waals surface area (Å²) in [4.78, 5) is 10.9. The molecule has 0 spiro atoms. The minimum absolute atomic E-state index is 0.149. The largest absolute Gasteiger partial charge is 0.497 e. The van der Waals surface area contributed by atoms with Crippen molar-refractivity contribution >= 4 is 5.97 Å². The summed E-state index contributed by atoms with van der Waals surface area (Å²) in [7, 11) is 1.63. The van der Waals surface area contributed by atoms with Crippen LogP contribution >= 0.6 is 0 Å². The lowest BCUT2D eigenvalue weighted by molar-refractivity contribution is -0.139. The number of carboxylic acid groups (broad SMARTS) is 1. The smallest absolute Gasteiger partial charge is 0.307 e. The Morgan fingerprint density at radius 3 is 3.00 bits per heavy atom. The van der Waals surface area contributed by atoms with Gasteiger partial charge >= 0.3 is 5.97 Å². The molecule has 1 saturated carbocycles. The fraction of sp³-hybridized carbons (Fsp3) is 0.417. The van der Waals surface area contributed by atoms with E-state index < -0.39 is 5.97 Å². The van der Waals surface area contributed by atoms with E-state index in [1.54, 1.807) is 7.11 Å². The molecular weight excluding hydrogens is 192 g/mol. The zero-order valence-electron chi connectivity index (χ0n) is 8.43. The van der Waals surface area contributed by atoms with Crippen LogP contribution in [-0.4, -0.2) is 18.2 Å². The number of hydrogen-bond donors (Lipinski definition) is 1. The lowest BCUT2D eigenvalue weighted by Crippen LogP contribution is -2.05.